The predicted molar refractivity (Wildman–Crippen MR) is 150 cm³/mol. The largest absolute Gasteiger partial charge is 0.370 e. The van der Waals surface area contributed by atoms with E-state index in [0.29, 0.717) is 17.0 Å². The molecule has 1 heterocycles. The first-order valence-corrected chi connectivity index (χ1v) is 14.4. The van der Waals surface area contributed by atoms with Gasteiger partial charge >= 0.3 is 0 Å². The molecule has 6 nitrogen and oxygen atoms in total. The Balaban J connectivity index is 1.28. The highest BCUT2D eigenvalue weighted by atomic mass is 32.2. The number of nitrogens with one attached hydrogen (secondary N) is 1. The Labute approximate surface area is 220 Å². The van der Waals surface area contributed by atoms with Gasteiger partial charge in [0.2, 0.25) is 0 Å². The van der Waals surface area contributed by atoms with Gasteiger partial charge in [-0.05, 0) is 59.5 Å². The molecule has 1 saturated heterocycles. The van der Waals surface area contributed by atoms with E-state index >= 15 is 0 Å². The highest BCUT2D eigenvalue weighted by Crippen LogP contribution is 2.19. The molecule has 0 aliphatic carbocycles. The third kappa shape index (κ3) is 7.08. The molecule has 0 atom stereocenters. The fourth-order valence-electron chi connectivity index (χ4n) is 4.49. The summed E-state index contributed by atoms with van der Waals surface area (Å²) < 4.78 is 23.9. The lowest BCUT2D eigenvalue weighted by Gasteiger charge is -2.24. The van der Waals surface area contributed by atoms with Crippen molar-refractivity contribution in [1.82, 2.24) is 10.2 Å². The molecule has 194 valence electrons. The van der Waals surface area contributed by atoms with Crippen LogP contribution in [0, 0.1) is 0 Å². The summed E-state index contributed by atoms with van der Waals surface area (Å²) in [4.78, 5) is 17.8. The zero-order valence-corrected chi connectivity index (χ0v) is 22.2. The topological polar surface area (TPSA) is 69.7 Å². The summed E-state index contributed by atoms with van der Waals surface area (Å²) in [5.74, 6) is -0.0825. The summed E-state index contributed by atoms with van der Waals surface area (Å²) in [6.07, 6.45) is 2.95. The Hall–Kier alpha value is -3.42. The van der Waals surface area contributed by atoms with E-state index in [2.05, 4.69) is 46.0 Å². The predicted octanol–water partition coefficient (Wildman–Crippen LogP) is 4.77. The lowest BCUT2D eigenvalue weighted by Crippen LogP contribution is -2.30. The zero-order chi connectivity index (χ0) is 26.3. The van der Waals surface area contributed by atoms with Gasteiger partial charge in [-0.15, -0.1) is 0 Å². The number of anilines is 1. The summed E-state index contributed by atoms with van der Waals surface area (Å²) in [6, 6.07) is 23.0. The van der Waals surface area contributed by atoms with Gasteiger partial charge in [-0.1, -0.05) is 56.0 Å². The van der Waals surface area contributed by atoms with Crippen LogP contribution in [-0.2, 0) is 22.9 Å². The number of sulfone groups is 1. The normalized spacial score (nSPS) is 14.7. The summed E-state index contributed by atoms with van der Waals surface area (Å²) in [6.45, 7) is 10.7. The first kappa shape index (κ1) is 26.6. The number of amides is 1. The van der Waals surface area contributed by atoms with Crippen LogP contribution < -0.4 is 10.2 Å². The van der Waals surface area contributed by atoms with Crippen LogP contribution in [-0.4, -0.2) is 51.2 Å². The van der Waals surface area contributed by atoms with Gasteiger partial charge in [-0.3, -0.25) is 9.69 Å². The van der Waals surface area contributed by atoms with Gasteiger partial charge in [0.25, 0.3) is 5.91 Å². The van der Waals surface area contributed by atoms with E-state index in [0.717, 1.165) is 56.0 Å². The van der Waals surface area contributed by atoms with Crippen LogP contribution in [0.3, 0.4) is 0 Å². The SMILES string of the molecule is C=Cc1ccc(CN2CCCN(c3ccc(C(=O)NCc4ccc(S(=O)(=O)CC)cc4)cc3)CC2)cc1. The molecule has 0 saturated carbocycles. The Morgan fingerprint density at radius 2 is 1.57 bits per heavy atom. The maximum Gasteiger partial charge on any atom is 0.251 e. The summed E-state index contributed by atoms with van der Waals surface area (Å²) in [5.41, 5.74) is 5.04. The maximum atomic E-state index is 12.7. The number of hydrogen-bond acceptors (Lipinski definition) is 5. The summed E-state index contributed by atoms with van der Waals surface area (Å²) in [7, 11) is -3.22. The number of hydrogen-bond donors (Lipinski definition) is 1. The third-order valence-corrected chi connectivity index (χ3v) is 8.57. The van der Waals surface area contributed by atoms with Crippen LogP contribution in [0.15, 0.2) is 84.3 Å². The second-order valence-corrected chi connectivity index (χ2v) is 11.6. The number of rotatable bonds is 9. The molecule has 1 aliphatic heterocycles. The van der Waals surface area contributed by atoms with Crippen LogP contribution >= 0.6 is 0 Å². The van der Waals surface area contributed by atoms with E-state index in [9.17, 15) is 13.2 Å². The second-order valence-electron chi connectivity index (χ2n) is 9.34. The molecule has 7 heteroatoms. The number of benzene rings is 3. The number of nitrogens with zero attached hydrogens (tertiary/aromatic N) is 2. The van der Waals surface area contributed by atoms with E-state index < -0.39 is 9.84 Å². The third-order valence-electron chi connectivity index (χ3n) is 6.82. The van der Waals surface area contributed by atoms with Gasteiger partial charge in [-0.25, -0.2) is 8.42 Å². The molecular formula is C30H35N3O3S. The lowest BCUT2D eigenvalue weighted by molar-refractivity contribution is 0.0951. The first-order chi connectivity index (χ1) is 17.9. The molecule has 1 N–H and O–H groups in total. The molecule has 3 aromatic carbocycles. The quantitative estimate of drug-likeness (QED) is 0.443. The molecule has 0 bridgehead atoms. The zero-order valence-electron chi connectivity index (χ0n) is 21.4. The van der Waals surface area contributed by atoms with Gasteiger partial charge < -0.3 is 10.2 Å². The number of carbonyl (C=O) groups excluding carboxylic acids is 1. The minimum Gasteiger partial charge on any atom is -0.370 e. The Kier molecular flexibility index (Phi) is 8.79. The van der Waals surface area contributed by atoms with Gasteiger partial charge in [0, 0.05) is 50.5 Å². The maximum absolute atomic E-state index is 12.7. The van der Waals surface area contributed by atoms with Crippen molar-refractivity contribution in [3.8, 4) is 0 Å². The smallest absolute Gasteiger partial charge is 0.251 e. The van der Waals surface area contributed by atoms with Crippen molar-refractivity contribution in [2.45, 2.75) is 31.3 Å². The van der Waals surface area contributed by atoms with Gasteiger partial charge in [0.15, 0.2) is 9.84 Å². The van der Waals surface area contributed by atoms with Crippen molar-refractivity contribution in [3.05, 3.63) is 102 Å². The number of carbonyl (C=O) groups is 1. The van der Waals surface area contributed by atoms with Crippen molar-refractivity contribution >= 4 is 27.5 Å². The molecule has 1 fully saturated rings. The van der Waals surface area contributed by atoms with Crippen LogP contribution in [0.4, 0.5) is 5.69 Å². The minimum atomic E-state index is -3.22. The molecule has 4 rings (SSSR count). The molecule has 0 unspecified atom stereocenters. The average molecular weight is 518 g/mol. The van der Waals surface area contributed by atoms with E-state index in [4.69, 9.17) is 0 Å². The van der Waals surface area contributed by atoms with Crippen molar-refractivity contribution in [1.29, 1.82) is 0 Å². The molecular weight excluding hydrogens is 482 g/mol. The fraction of sp³-hybridized carbons (Fsp3) is 0.300. The van der Waals surface area contributed by atoms with Gasteiger partial charge in [-0.2, -0.15) is 0 Å². The average Bonchev–Trinajstić information content (AvgIpc) is 3.18. The Morgan fingerprint density at radius 1 is 0.892 bits per heavy atom. The van der Waals surface area contributed by atoms with Crippen LogP contribution in [0.5, 0.6) is 0 Å². The molecule has 37 heavy (non-hydrogen) atoms. The molecule has 0 spiro atoms. The minimum absolute atomic E-state index is 0.0690. The molecule has 1 amide bonds. The highest BCUT2D eigenvalue weighted by molar-refractivity contribution is 7.91. The Bertz CT molecular complexity index is 1300. The standard InChI is InChI=1S/C30H35N3O3S/c1-3-24-6-8-26(9-7-24)23-32-18-5-19-33(21-20-32)28-14-12-27(13-15-28)30(34)31-22-25-10-16-29(17-11-25)37(35,36)4-2/h3,6-17H,1,4-5,18-23H2,2H3,(H,31,34). The van der Waals surface area contributed by atoms with Crippen LogP contribution in [0.25, 0.3) is 6.08 Å². The van der Waals surface area contributed by atoms with Crippen molar-refractivity contribution in [3.63, 3.8) is 0 Å². The summed E-state index contributed by atoms with van der Waals surface area (Å²) in [5, 5.41) is 2.92. The molecule has 3 aromatic rings. The lowest BCUT2D eigenvalue weighted by atomic mass is 10.1. The molecule has 0 radical (unpaired) electrons. The van der Waals surface area contributed by atoms with Crippen molar-refractivity contribution in [2.24, 2.45) is 0 Å². The van der Waals surface area contributed by atoms with E-state index in [1.807, 2.05) is 30.3 Å². The monoisotopic (exact) mass is 517 g/mol. The first-order valence-electron chi connectivity index (χ1n) is 12.8. The Morgan fingerprint density at radius 3 is 2.22 bits per heavy atom. The highest BCUT2D eigenvalue weighted by Gasteiger charge is 2.16. The molecule has 1 aliphatic rings. The van der Waals surface area contributed by atoms with Crippen molar-refractivity contribution in [2.75, 3.05) is 36.8 Å². The van der Waals surface area contributed by atoms with Crippen molar-refractivity contribution < 1.29 is 13.2 Å². The van der Waals surface area contributed by atoms with E-state index in [1.165, 1.54) is 5.56 Å². The fourth-order valence-corrected chi connectivity index (χ4v) is 5.38. The molecule has 0 aromatic heterocycles. The van der Waals surface area contributed by atoms with E-state index in [1.54, 1.807) is 31.2 Å². The van der Waals surface area contributed by atoms with E-state index in [-0.39, 0.29) is 11.7 Å². The summed E-state index contributed by atoms with van der Waals surface area (Å²) >= 11 is 0. The van der Waals surface area contributed by atoms with Gasteiger partial charge in [0.1, 0.15) is 0 Å². The van der Waals surface area contributed by atoms with Gasteiger partial charge in [0.05, 0.1) is 10.6 Å². The van der Waals surface area contributed by atoms with Crippen LogP contribution in [0.1, 0.15) is 40.4 Å². The second kappa shape index (κ2) is 12.2. The van der Waals surface area contributed by atoms with Crippen LogP contribution in [0.2, 0.25) is 0 Å².